The second-order valence-corrected chi connectivity index (χ2v) is 5.12. The van der Waals surface area contributed by atoms with Crippen LogP contribution in [0.5, 0.6) is 0 Å². The molecule has 0 aliphatic carbocycles. The Hall–Kier alpha value is -0.810. The minimum Gasteiger partial charge on any atom is -0.268 e. The molecule has 4 nitrogen and oxygen atoms in total. The van der Waals surface area contributed by atoms with Crippen LogP contribution in [0.4, 0.5) is 0 Å². The van der Waals surface area contributed by atoms with E-state index in [0.29, 0.717) is 12.4 Å². The van der Waals surface area contributed by atoms with Crippen LogP contribution in [0.25, 0.3) is 0 Å². The molecule has 0 atom stereocenters. The summed E-state index contributed by atoms with van der Waals surface area (Å²) in [6.45, 7) is 0.530. The van der Waals surface area contributed by atoms with Crippen LogP contribution in [0.2, 0.25) is 0 Å². The summed E-state index contributed by atoms with van der Waals surface area (Å²) in [5.41, 5.74) is 0. The van der Waals surface area contributed by atoms with Crippen molar-refractivity contribution in [2.75, 3.05) is 12.1 Å². The monoisotopic (exact) mass is 234 g/mol. The van der Waals surface area contributed by atoms with Crippen molar-refractivity contribution in [3.8, 4) is 0 Å². The summed E-state index contributed by atoms with van der Waals surface area (Å²) in [6.07, 6.45) is 7.59. The molecule has 0 amide bonds. The first-order valence-electron chi connectivity index (χ1n) is 3.97. The standard InChI is InChI=1S/C8H11ClN2O2S/c1-14(12,13)8-6-10-11(7-8)5-3-2-4-9/h2-3,6-7H,4-5H2,1H3/b3-2+. The number of nitrogens with zero attached hydrogens (tertiary/aromatic N) is 2. The number of aromatic nitrogens is 2. The fourth-order valence-electron chi connectivity index (χ4n) is 0.881. The van der Waals surface area contributed by atoms with E-state index in [0.717, 1.165) is 6.26 Å². The number of hydrogen-bond acceptors (Lipinski definition) is 3. The first-order chi connectivity index (χ1) is 6.54. The summed E-state index contributed by atoms with van der Waals surface area (Å²) >= 11 is 5.43. The Kier molecular flexibility index (Phi) is 3.71. The molecule has 0 aliphatic rings. The fourth-order valence-corrected chi connectivity index (χ4v) is 1.56. The minimum absolute atomic E-state index is 0.233. The second kappa shape index (κ2) is 4.61. The third-order valence-electron chi connectivity index (χ3n) is 1.59. The summed E-state index contributed by atoms with van der Waals surface area (Å²) in [6, 6.07) is 0. The van der Waals surface area contributed by atoms with Gasteiger partial charge in [0.05, 0.1) is 12.7 Å². The van der Waals surface area contributed by atoms with Crippen LogP contribution in [0.15, 0.2) is 29.4 Å². The molecule has 0 unspecified atom stereocenters. The molecule has 14 heavy (non-hydrogen) atoms. The lowest BCUT2D eigenvalue weighted by molar-refractivity contribution is 0.601. The topological polar surface area (TPSA) is 52.0 Å². The van der Waals surface area contributed by atoms with E-state index in [4.69, 9.17) is 11.6 Å². The molecule has 1 rings (SSSR count). The van der Waals surface area contributed by atoms with Gasteiger partial charge >= 0.3 is 0 Å². The highest BCUT2D eigenvalue weighted by atomic mass is 35.5. The molecule has 0 saturated carbocycles. The maximum Gasteiger partial charge on any atom is 0.178 e. The molecule has 1 heterocycles. The smallest absolute Gasteiger partial charge is 0.178 e. The Labute approximate surface area is 88.1 Å². The molecule has 0 radical (unpaired) electrons. The molecule has 0 N–H and O–H groups in total. The molecular weight excluding hydrogens is 224 g/mol. The van der Waals surface area contributed by atoms with Crippen molar-refractivity contribution in [2.24, 2.45) is 0 Å². The number of rotatable bonds is 4. The van der Waals surface area contributed by atoms with Gasteiger partial charge in [0.1, 0.15) is 4.90 Å². The van der Waals surface area contributed by atoms with Crippen LogP contribution in [0.1, 0.15) is 0 Å². The number of allylic oxidation sites excluding steroid dienone is 2. The molecule has 0 aromatic carbocycles. The number of hydrogen-bond donors (Lipinski definition) is 0. The minimum atomic E-state index is -3.15. The van der Waals surface area contributed by atoms with Crippen LogP contribution in [0, 0.1) is 0 Å². The van der Waals surface area contributed by atoms with E-state index >= 15 is 0 Å². The summed E-state index contributed by atoms with van der Waals surface area (Å²) in [5.74, 6) is 0.445. The van der Waals surface area contributed by atoms with Crippen molar-refractivity contribution in [1.29, 1.82) is 0 Å². The zero-order valence-electron chi connectivity index (χ0n) is 7.72. The zero-order chi connectivity index (χ0) is 10.6. The molecule has 0 fully saturated rings. The van der Waals surface area contributed by atoms with Gasteiger partial charge in [-0.1, -0.05) is 12.2 Å². The Balaban J connectivity index is 2.74. The molecule has 0 bridgehead atoms. The molecule has 1 aromatic rings. The molecule has 78 valence electrons. The quantitative estimate of drug-likeness (QED) is 0.579. The Morgan fingerprint density at radius 2 is 2.29 bits per heavy atom. The van der Waals surface area contributed by atoms with Gasteiger partial charge in [0.2, 0.25) is 0 Å². The molecule has 0 spiro atoms. The third kappa shape index (κ3) is 3.16. The van der Waals surface area contributed by atoms with Crippen molar-refractivity contribution in [3.05, 3.63) is 24.5 Å². The summed E-state index contributed by atoms with van der Waals surface area (Å²) < 4.78 is 23.7. The molecular formula is C8H11ClN2O2S. The van der Waals surface area contributed by atoms with E-state index in [2.05, 4.69) is 5.10 Å². The van der Waals surface area contributed by atoms with Crippen LogP contribution < -0.4 is 0 Å². The predicted molar refractivity (Wildman–Crippen MR) is 55.2 cm³/mol. The second-order valence-electron chi connectivity index (χ2n) is 2.80. The lowest BCUT2D eigenvalue weighted by atomic mass is 10.5. The molecule has 0 aliphatic heterocycles. The van der Waals surface area contributed by atoms with Crippen LogP contribution in [-0.2, 0) is 16.4 Å². The van der Waals surface area contributed by atoms with Gasteiger partial charge in [-0.15, -0.1) is 11.6 Å². The predicted octanol–water partition coefficient (Wildman–Crippen LogP) is 1.08. The normalized spacial score (nSPS) is 12.4. The van der Waals surface area contributed by atoms with Crippen LogP contribution in [-0.4, -0.2) is 30.3 Å². The first-order valence-corrected chi connectivity index (χ1v) is 6.40. The van der Waals surface area contributed by atoms with Crippen molar-refractivity contribution in [1.82, 2.24) is 9.78 Å². The lowest BCUT2D eigenvalue weighted by Gasteiger charge is -1.93. The van der Waals surface area contributed by atoms with Gasteiger partial charge in [0.25, 0.3) is 0 Å². The summed E-state index contributed by atoms with van der Waals surface area (Å²) in [7, 11) is -3.15. The van der Waals surface area contributed by atoms with E-state index in [9.17, 15) is 8.42 Å². The van der Waals surface area contributed by atoms with Gasteiger partial charge < -0.3 is 0 Å². The Morgan fingerprint density at radius 1 is 1.57 bits per heavy atom. The van der Waals surface area contributed by atoms with Gasteiger partial charge in [-0.05, 0) is 0 Å². The van der Waals surface area contributed by atoms with Gasteiger partial charge in [-0.2, -0.15) is 5.10 Å². The van der Waals surface area contributed by atoms with Crippen molar-refractivity contribution >= 4 is 21.4 Å². The lowest BCUT2D eigenvalue weighted by Crippen LogP contribution is -1.96. The van der Waals surface area contributed by atoms with Crippen LogP contribution >= 0.6 is 11.6 Å². The van der Waals surface area contributed by atoms with E-state index in [1.165, 1.54) is 12.4 Å². The molecule has 0 saturated heterocycles. The maximum absolute atomic E-state index is 11.1. The average Bonchev–Trinajstić information content (AvgIpc) is 2.52. The largest absolute Gasteiger partial charge is 0.268 e. The Bertz CT molecular complexity index is 422. The maximum atomic E-state index is 11.1. The number of sulfone groups is 1. The highest BCUT2D eigenvalue weighted by Gasteiger charge is 2.08. The SMILES string of the molecule is CS(=O)(=O)c1cnn(C/C=C/CCl)c1. The molecule has 6 heteroatoms. The van der Waals surface area contributed by atoms with E-state index in [1.807, 2.05) is 6.08 Å². The summed E-state index contributed by atoms with van der Waals surface area (Å²) in [5, 5.41) is 3.90. The first kappa shape index (κ1) is 11.3. The third-order valence-corrected chi connectivity index (χ3v) is 2.83. The van der Waals surface area contributed by atoms with Gasteiger partial charge in [0.15, 0.2) is 9.84 Å². The van der Waals surface area contributed by atoms with Crippen molar-refractivity contribution in [3.63, 3.8) is 0 Å². The fraction of sp³-hybridized carbons (Fsp3) is 0.375. The van der Waals surface area contributed by atoms with E-state index in [1.54, 1.807) is 10.8 Å². The van der Waals surface area contributed by atoms with Gasteiger partial charge in [0, 0.05) is 18.3 Å². The zero-order valence-corrected chi connectivity index (χ0v) is 9.29. The summed E-state index contributed by atoms with van der Waals surface area (Å²) in [4.78, 5) is 0.233. The van der Waals surface area contributed by atoms with E-state index < -0.39 is 9.84 Å². The van der Waals surface area contributed by atoms with Gasteiger partial charge in [-0.25, -0.2) is 8.42 Å². The number of alkyl halides is 1. The highest BCUT2D eigenvalue weighted by Crippen LogP contribution is 2.05. The van der Waals surface area contributed by atoms with Gasteiger partial charge in [-0.3, -0.25) is 4.68 Å². The number of halogens is 1. The molecule has 1 aromatic heterocycles. The highest BCUT2D eigenvalue weighted by molar-refractivity contribution is 7.90. The van der Waals surface area contributed by atoms with E-state index in [-0.39, 0.29) is 4.90 Å². The Morgan fingerprint density at radius 3 is 2.79 bits per heavy atom. The average molecular weight is 235 g/mol. The van der Waals surface area contributed by atoms with Crippen LogP contribution in [0.3, 0.4) is 0 Å². The van der Waals surface area contributed by atoms with Crippen molar-refractivity contribution < 1.29 is 8.42 Å². The van der Waals surface area contributed by atoms with Crippen molar-refractivity contribution in [2.45, 2.75) is 11.4 Å².